The van der Waals surface area contributed by atoms with Crippen molar-refractivity contribution in [3.05, 3.63) is 0 Å². The minimum absolute atomic E-state index is 0. The van der Waals surface area contributed by atoms with Gasteiger partial charge in [-0.15, -0.1) is 12.4 Å². The summed E-state index contributed by atoms with van der Waals surface area (Å²) in [4.78, 5) is 18.9. The van der Waals surface area contributed by atoms with E-state index in [4.69, 9.17) is 0 Å². The molecule has 4 heteroatoms. The molecular weight excluding hydrogens is 119 g/mol. The number of rotatable bonds is 1. The molecule has 0 aromatic rings. The Hall–Kier alpha value is -0.570. The van der Waals surface area contributed by atoms with E-state index in [9.17, 15) is 9.59 Å². The molecule has 0 aromatic carbocycles. The molecule has 0 N–H and O–H groups in total. The van der Waals surface area contributed by atoms with Crippen LogP contribution in [0.5, 0.6) is 0 Å². The number of esters is 1. The molecule has 0 saturated carbocycles. The molecule has 0 rings (SSSR count). The molecule has 0 spiro atoms. The highest BCUT2D eigenvalue weighted by Gasteiger charge is 1.88. The maximum Gasteiger partial charge on any atom is 0.371 e. The number of hydrogen-bond acceptors (Lipinski definition) is 3. The highest BCUT2D eigenvalue weighted by atomic mass is 35.5. The molecule has 7 heavy (non-hydrogen) atoms. The second kappa shape index (κ2) is 5.43. The normalized spacial score (nSPS) is 5.86. The van der Waals surface area contributed by atoms with Gasteiger partial charge in [0.25, 0.3) is 0 Å². The van der Waals surface area contributed by atoms with Crippen molar-refractivity contribution in [3.63, 3.8) is 0 Å². The quantitative estimate of drug-likeness (QED) is 0.276. The Labute approximate surface area is 47.1 Å². The van der Waals surface area contributed by atoms with Gasteiger partial charge in [-0.1, -0.05) is 0 Å². The molecule has 0 radical (unpaired) electrons. The van der Waals surface area contributed by atoms with Gasteiger partial charge in [-0.25, -0.2) is 4.79 Å². The van der Waals surface area contributed by atoms with Crippen LogP contribution in [0.4, 0.5) is 0 Å². The molecule has 0 heterocycles. The second-order valence-corrected chi connectivity index (χ2v) is 0.641. The van der Waals surface area contributed by atoms with Crippen molar-refractivity contribution < 1.29 is 14.3 Å². The number of carbonyl (C=O) groups is 2. The Morgan fingerprint density at radius 2 is 2.14 bits per heavy atom. The lowest BCUT2D eigenvalue weighted by molar-refractivity contribution is -0.146. The van der Waals surface area contributed by atoms with Gasteiger partial charge in [0.1, 0.15) is 0 Å². The maximum atomic E-state index is 9.59. The molecule has 42 valence electrons. The molecule has 0 aliphatic rings. The van der Waals surface area contributed by atoms with Gasteiger partial charge in [0.2, 0.25) is 6.29 Å². The lowest BCUT2D eigenvalue weighted by Gasteiger charge is -1.79. The van der Waals surface area contributed by atoms with Crippen molar-refractivity contribution in [1.29, 1.82) is 0 Å². The second-order valence-electron chi connectivity index (χ2n) is 0.641. The van der Waals surface area contributed by atoms with Gasteiger partial charge in [0, 0.05) is 0 Å². The molecular formula is C3H5ClO3. The summed E-state index contributed by atoms with van der Waals surface area (Å²) in [7, 11) is 1.15. The summed E-state index contributed by atoms with van der Waals surface area (Å²) in [6, 6.07) is 0. The summed E-state index contributed by atoms with van der Waals surface area (Å²) >= 11 is 0. The summed E-state index contributed by atoms with van der Waals surface area (Å²) in [6.07, 6.45) is 0.111. The van der Waals surface area contributed by atoms with E-state index in [2.05, 4.69) is 4.74 Å². The Balaban J connectivity index is 0. The zero-order chi connectivity index (χ0) is 4.99. The standard InChI is InChI=1S/C3H4O3.ClH/c1-6-3(5)2-4;/h2H,1H3;1H. The first kappa shape index (κ1) is 9.66. The molecule has 0 aliphatic carbocycles. The van der Waals surface area contributed by atoms with Crippen LogP contribution >= 0.6 is 12.4 Å². The highest BCUT2D eigenvalue weighted by Crippen LogP contribution is 1.58. The van der Waals surface area contributed by atoms with Crippen LogP contribution in [0.15, 0.2) is 0 Å². The molecule has 3 nitrogen and oxygen atoms in total. The monoisotopic (exact) mass is 124 g/mol. The van der Waals surface area contributed by atoms with E-state index in [1.54, 1.807) is 0 Å². The van der Waals surface area contributed by atoms with Crippen LogP contribution in [0.25, 0.3) is 0 Å². The number of aldehydes is 1. The van der Waals surface area contributed by atoms with E-state index in [0.717, 1.165) is 7.11 Å². The van der Waals surface area contributed by atoms with Gasteiger partial charge in [0.05, 0.1) is 7.11 Å². The molecule has 0 atom stereocenters. The van der Waals surface area contributed by atoms with Crippen LogP contribution in [0.3, 0.4) is 0 Å². The van der Waals surface area contributed by atoms with Gasteiger partial charge in [-0.2, -0.15) is 0 Å². The molecule has 0 saturated heterocycles. The number of carbonyl (C=O) groups excluding carboxylic acids is 2. The zero-order valence-corrected chi connectivity index (χ0v) is 4.53. The van der Waals surface area contributed by atoms with Gasteiger partial charge >= 0.3 is 5.97 Å². The number of hydrogen-bond donors (Lipinski definition) is 0. The van der Waals surface area contributed by atoms with E-state index in [1.807, 2.05) is 0 Å². The van der Waals surface area contributed by atoms with E-state index >= 15 is 0 Å². The summed E-state index contributed by atoms with van der Waals surface area (Å²) in [5, 5.41) is 0. The SMILES string of the molecule is COC(=O)C=O.Cl. The van der Waals surface area contributed by atoms with Crippen molar-refractivity contribution >= 4 is 24.7 Å². The van der Waals surface area contributed by atoms with Gasteiger partial charge < -0.3 is 4.74 Å². The fraction of sp³-hybridized carbons (Fsp3) is 0.333. The number of halogens is 1. The van der Waals surface area contributed by atoms with Crippen LogP contribution in [0.2, 0.25) is 0 Å². The first-order chi connectivity index (χ1) is 2.81. The smallest absolute Gasteiger partial charge is 0.371 e. The fourth-order valence-electron chi connectivity index (χ4n) is 0.0481. The van der Waals surface area contributed by atoms with Crippen molar-refractivity contribution in [2.75, 3.05) is 7.11 Å². The summed E-state index contributed by atoms with van der Waals surface area (Å²) in [5.74, 6) is -0.838. The minimum Gasteiger partial charge on any atom is -0.463 e. The lowest BCUT2D eigenvalue weighted by atomic mass is 10.8. The topological polar surface area (TPSA) is 43.4 Å². The predicted octanol–water partition coefficient (Wildman–Crippen LogP) is -0.220. The van der Waals surface area contributed by atoms with Crippen LogP contribution in [-0.4, -0.2) is 19.4 Å². The van der Waals surface area contributed by atoms with Crippen molar-refractivity contribution in [1.82, 2.24) is 0 Å². The van der Waals surface area contributed by atoms with Crippen LogP contribution in [0.1, 0.15) is 0 Å². The Morgan fingerprint density at radius 3 is 2.14 bits per heavy atom. The van der Waals surface area contributed by atoms with Gasteiger partial charge in [-0.05, 0) is 0 Å². The largest absolute Gasteiger partial charge is 0.463 e. The highest BCUT2D eigenvalue weighted by molar-refractivity contribution is 6.20. The number of methoxy groups -OCH3 is 1. The van der Waals surface area contributed by atoms with E-state index < -0.39 is 5.97 Å². The first-order valence-electron chi connectivity index (χ1n) is 1.34. The average Bonchev–Trinajstić information content (AvgIpc) is 1.65. The van der Waals surface area contributed by atoms with Crippen LogP contribution < -0.4 is 0 Å². The third-order valence-corrected chi connectivity index (χ3v) is 0.297. The summed E-state index contributed by atoms with van der Waals surface area (Å²) in [5.41, 5.74) is 0. The zero-order valence-electron chi connectivity index (χ0n) is 3.71. The Bertz CT molecular complexity index is 70.6. The summed E-state index contributed by atoms with van der Waals surface area (Å²) in [6.45, 7) is 0. The average molecular weight is 125 g/mol. The van der Waals surface area contributed by atoms with E-state index in [-0.39, 0.29) is 18.7 Å². The van der Waals surface area contributed by atoms with Crippen LogP contribution in [-0.2, 0) is 14.3 Å². The predicted molar refractivity (Wildman–Crippen MR) is 25.3 cm³/mol. The van der Waals surface area contributed by atoms with E-state index in [0.29, 0.717) is 0 Å². The summed E-state index contributed by atoms with van der Waals surface area (Å²) < 4.78 is 3.89. The minimum atomic E-state index is -0.838. The van der Waals surface area contributed by atoms with Gasteiger partial charge in [-0.3, -0.25) is 4.79 Å². The fourth-order valence-corrected chi connectivity index (χ4v) is 0.0481. The Morgan fingerprint density at radius 1 is 1.71 bits per heavy atom. The van der Waals surface area contributed by atoms with Gasteiger partial charge in [0.15, 0.2) is 0 Å². The third-order valence-electron chi connectivity index (χ3n) is 0.297. The first-order valence-corrected chi connectivity index (χ1v) is 1.34. The molecule has 0 aromatic heterocycles. The molecule has 0 bridgehead atoms. The Kier molecular flexibility index (Phi) is 7.49. The maximum absolute atomic E-state index is 9.59. The number of ether oxygens (including phenoxy) is 1. The molecule has 0 unspecified atom stereocenters. The van der Waals surface area contributed by atoms with E-state index in [1.165, 1.54) is 0 Å². The van der Waals surface area contributed by atoms with Crippen molar-refractivity contribution in [2.24, 2.45) is 0 Å². The molecule has 0 aliphatic heterocycles. The molecule has 0 fully saturated rings. The van der Waals surface area contributed by atoms with Crippen LogP contribution in [0, 0.1) is 0 Å². The lowest BCUT2D eigenvalue weighted by Crippen LogP contribution is -1.98. The van der Waals surface area contributed by atoms with Crippen molar-refractivity contribution in [3.8, 4) is 0 Å². The third kappa shape index (κ3) is 5.43. The van der Waals surface area contributed by atoms with Crippen molar-refractivity contribution in [2.45, 2.75) is 0 Å². The molecule has 0 amide bonds.